The quantitative estimate of drug-likeness (QED) is 0.919. The van der Waals surface area contributed by atoms with Gasteiger partial charge in [0, 0.05) is 12.5 Å². The molecular weight excluding hydrogens is 330 g/mol. The third-order valence-electron chi connectivity index (χ3n) is 3.68. The highest BCUT2D eigenvalue weighted by Gasteiger charge is 2.17. The number of methoxy groups -OCH3 is 1. The van der Waals surface area contributed by atoms with Crippen LogP contribution in [-0.4, -0.2) is 28.7 Å². The third kappa shape index (κ3) is 3.41. The minimum Gasteiger partial charge on any atom is -0.496 e. The van der Waals surface area contributed by atoms with Crippen LogP contribution in [0, 0.1) is 6.92 Å². The van der Waals surface area contributed by atoms with E-state index in [1.165, 1.54) is 6.07 Å². The summed E-state index contributed by atoms with van der Waals surface area (Å²) in [7, 11) is -2.15. The highest BCUT2D eigenvalue weighted by Crippen LogP contribution is 2.33. The fourth-order valence-electron chi connectivity index (χ4n) is 2.46. The first-order valence-corrected chi connectivity index (χ1v) is 9.05. The summed E-state index contributed by atoms with van der Waals surface area (Å²) in [5, 5.41) is 0. The summed E-state index contributed by atoms with van der Waals surface area (Å²) >= 11 is 0. The first-order valence-electron chi connectivity index (χ1n) is 7.57. The van der Waals surface area contributed by atoms with Crippen LogP contribution >= 0.6 is 0 Å². The predicted molar refractivity (Wildman–Crippen MR) is 90.6 cm³/mol. The molecule has 0 atom stereocenters. The summed E-state index contributed by atoms with van der Waals surface area (Å²) in [5.74, 6) is 1.80. The van der Waals surface area contributed by atoms with E-state index in [0.717, 1.165) is 12.0 Å². The average molecular weight is 349 g/mol. The number of anilines is 1. The van der Waals surface area contributed by atoms with Gasteiger partial charge in [-0.25, -0.2) is 8.42 Å². The van der Waals surface area contributed by atoms with Crippen LogP contribution in [0.3, 0.4) is 0 Å². The zero-order valence-electron chi connectivity index (χ0n) is 13.5. The van der Waals surface area contributed by atoms with E-state index in [4.69, 9.17) is 14.2 Å². The van der Waals surface area contributed by atoms with Crippen LogP contribution in [0.5, 0.6) is 17.2 Å². The molecule has 128 valence electrons. The third-order valence-corrected chi connectivity index (χ3v) is 5.06. The summed E-state index contributed by atoms with van der Waals surface area (Å²) in [6.45, 7) is 2.93. The molecule has 1 aliphatic heterocycles. The van der Waals surface area contributed by atoms with E-state index >= 15 is 0 Å². The molecule has 0 spiro atoms. The molecule has 0 unspecified atom stereocenters. The monoisotopic (exact) mass is 349 g/mol. The van der Waals surface area contributed by atoms with E-state index in [-0.39, 0.29) is 4.90 Å². The lowest BCUT2D eigenvalue weighted by Gasteiger charge is -2.12. The first-order chi connectivity index (χ1) is 11.5. The van der Waals surface area contributed by atoms with Crippen molar-refractivity contribution < 1.29 is 22.6 Å². The van der Waals surface area contributed by atoms with Crippen molar-refractivity contribution in [2.45, 2.75) is 18.2 Å². The van der Waals surface area contributed by atoms with Gasteiger partial charge in [-0.3, -0.25) is 4.72 Å². The molecule has 1 N–H and O–H groups in total. The summed E-state index contributed by atoms with van der Waals surface area (Å²) in [4.78, 5) is 0.174. The van der Waals surface area contributed by atoms with Gasteiger partial charge in [0.05, 0.1) is 30.9 Å². The second-order valence-electron chi connectivity index (χ2n) is 5.45. The van der Waals surface area contributed by atoms with Crippen LogP contribution in [0.15, 0.2) is 41.3 Å². The second-order valence-corrected chi connectivity index (χ2v) is 7.13. The molecule has 0 saturated carbocycles. The molecule has 1 heterocycles. The van der Waals surface area contributed by atoms with Crippen molar-refractivity contribution in [2.75, 3.05) is 25.0 Å². The van der Waals surface area contributed by atoms with Crippen molar-refractivity contribution in [2.24, 2.45) is 0 Å². The Bertz CT molecular complexity index is 848. The molecule has 24 heavy (non-hydrogen) atoms. The number of ether oxygens (including phenoxy) is 3. The molecule has 2 aromatic rings. The maximum absolute atomic E-state index is 12.6. The van der Waals surface area contributed by atoms with E-state index in [2.05, 4.69) is 4.72 Å². The lowest BCUT2D eigenvalue weighted by Crippen LogP contribution is -2.13. The van der Waals surface area contributed by atoms with Crippen LogP contribution in [-0.2, 0) is 10.0 Å². The minimum absolute atomic E-state index is 0.174. The van der Waals surface area contributed by atoms with Crippen molar-refractivity contribution in [3.63, 3.8) is 0 Å². The Morgan fingerprint density at radius 1 is 1.04 bits per heavy atom. The summed E-state index contributed by atoms with van der Waals surface area (Å²) in [6, 6.07) is 9.72. The molecule has 0 radical (unpaired) electrons. The van der Waals surface area contributed by atoms with Gasteiger partial charge in [-0.05, 0) is 42.8 Å². The van der Waals surface area contributed by atoms with Crippen molar-refractivity contribution in [1.29, 1.82) is 0 Å². The van der Waals surface area contributed by atoms with E-state index < -0.39 is 10.0 Å². The number of hydrogen-bond acceptors (Lipinski definition) is 5. The molecule has 3 rings (SSSR count). The summed E-state index contributed by atoms with van der Waals surface area (Å²) in [5.41, 5.74) is 1.17. The first kappa shape index (κ1) is 16.4. The minimum atomic E-state index is -3.70. The average Bonchev–Trinajstić information content (AvgIpc) is 2.79. The van der Waals surface area contributed by atoms with Gasteiger partial charge >= 0.3 is 0 Å². The van der Waals surface area contributed by atoms with Gasteiger partial charge in [0.25, 0.3) is 10.0 Å². The second kappa shape index (κ2) is 6.60. The maximum Gasteiger partial charge on any atom is 0.261 e. The van der Waals surface area contributed by atoms with Gasteiger partial charge in [0.2, 0.25) is 0 Å². The van der Waals surface area contributed by atoms with Gasteiger partial charge in [-0.2, -0.15) is 0 Å². The highest BCUT2D eigenvalue weighted by molar-refractivity contribution is 7.92. The van der Waals surface area contributed by atoms with Gasteiger partial charge in [-0.1, -0.05) is 0 Å². The predicted octanol–water partition coefficient (Wildman–Crippen LogP) is 2.97. The Balaban J connectivity index is 1.87. The smallest absolute Gasteiger partial charge is 0.261 e. The molecule has 0 fully saturated rings. The Hall–Kier alpha value is -2.41. The van der Waals surface area contributed by atoms with E-state index in [1.54, 1.807) is 44.4 Å². The lowest BCUT2D eigenvalue weighted by atomic mass is 10.2. The summed E-state index contributed by atoms with van der Waals surface area (Å²) in [6.07, 6.45) is 0.793. The number of sulfonamides is 1. The van der Waals surface area contributed by atoms with Crippen molar-refractivity contribution >= 4 is 15.7 Å². The fourth-order valence-corrected chi connectivity index (χ4v) is 3.59. The van der Waals surface area contributed by atoms with Crippen LogP contribution in [0.4, 0.5) is 5.69 Å². The Morgan fingerprint density at radius 3 is 2.50 bits per heavy atom. The van der Waals surface area contributed by atoms with Crippen LogP contribution in [0.25, 0.3) is 0 Å². The molecule has 6 nitrogen and oxygen atoms in total. The normalized spacial score (nSPS) is 13.9. The number of fused-ring (bicyclic) bond motifs is 1. The molecule has 2 aromatic carbocycles. The van der Waals surface area contributed by atoms with Crippen molar-refractivity contribution in [3.8, 4) is 17.2 Å². The molecule has 1 aliphatic rings. The molecule has 7 heteroatoms. The molecule has 0 aliphatic carbocycles. The van der Waals surface area contributed by atoms with Crippen LogP contribution in [0.2, 0.25) is 0 Å². The van der Waals surface area contributed by atoms with Gasteiger partial charge < -0.3 is 14.2 Å². The number of hydrogen-bond donors (Lipinski definition) is 1. The number of aryl methyl sites for hydroxylation is 1. The van der Waals surface area contributed by atoms with Gasteiger partial charge in [0.1, 0.15) is 5.75 Å². The van der Waals surface area contributed by atoms with Crippen LogP contribution < -0.4 is 18.9 Å². The number of rotatable bonds is 4. The molecule has 0 bridgehead atoms. The number of nitrogens with one attached hydrogen (secondary N) is 1. The summed E-state index contributed by atoms with van der Waals surface area (Å²) < 4.78 is 44.0. The largest absolute Gasteiger partial charge is 0.496 e. The van der Waals surface area contributed by atoms with E-state index in [9.17, 15) is 8.42 Å². The van der Waals surface area contributed by atoms with E-state index in [1.807, 2.05) is 0 Å². The SMILES string of the molecule is COc1ccc(S(=O)(=O)Nc2ccc3c(c2)OCCCO3)cc1C. The Labute approximate surface area is 141 Å². The van der Waals surface area contributed by atoms with Gasteiger partial charge in [0.15, 0.2) is 11.5 Å². The molecule has 0 saturated heterocycles. The van der Waals surface area contributed by atoms with Gasteiger partial charge in [-0.15, -0.1) is 0 Å². The zero-order valence-corrected chi connectivity index (χ0v) is 14.4. The standard InChI is InChI=1S/C17H19NO5S/c1-12-10-14(5-7-15(12)21-2)24(19,20)18-13-4-6-16-17(11-13)23-9-3-8-22-16/h4-7,10-11,18H,3,8-9H2,1-2H3. The molecule has 0 amide bonds. The zero-order chi connectivity index (χ0) is 17.2. The van der Waals surface area contributed by atoms with Crippen LogP contribution in [0.1, 0.15) is 12.0 Å². The molecule has 0 aromatic heterocycles. The molecular formula is C17H19NO5S. The van der Waals surface area contributed by atoms with E-state index in [0.29, 0.717) is 36.1 Å². The van der Waals surface area contributed by atoms with Crippen molar-refractivity contribution in [3.05, 3.63) is 42.0 Å². The highest BCUT2D eigenvalue weighted by atomic mass is 32.2. The number of benzene rings is 2. The topological polar surface area (TPSA) is 73.9 Å². The maximum atomic E-state index is 12.6. The fraction of sp³-hybridized carbons (Fsp3) is 0.294. The lowest BCUT2D eigenvalue weighted by molar-refractivity contribution is 0.297. The van der Waals surface area contributed by atoms with Crippen molar-refractivity contribution in [1.82, 2.24) is 0 Å². The Kier molecular flexibility index (Phi) is 4.53. The Morgan fingerprint density at radius 2 is 1.79 bits per heavy atom.